The Morgan fingerprint density at radius 1 is 0.955 bits per heavy atom. The van der Waals surface area contributed by atoms with Gasteiger partial charge in [0.25, 0.3) is 11.8 Å². The van der Waals surface area contributed by atoms with Gasteiger partial charge < -0.3 is 9.94 Å². The molecule has 0 aliphatic carbocycles. The van der Waals surface area contributed by atoms with E-state index in [9.17, 15) is 28.8 Å². The first kappa shape index (κ1) is 17.3. The molecule has 2 saturated heterocycles. The third-order valence-electron chi connectivity index (χ3n) is 2.60. The quantitative estimate of drug-likeness (QED) is 0.620. The van der Waals surface area contributed by atoms with Crippen LogP contribution in [0.2, 0.25) is 0 Å². The first-order valence-electron chi connectivity index (χ1n) is 6.40. The summed E-state index contributed by atoms with van der Waals surface area (Å²) in [5, 5.41) is 10.8. The number of hydroxylamine groups is 2. The molecular weight excluding hydrogens is 300 g/mol. The molecule has 2 N–H and O–H groups in total. The Bertz CT molecular complexity index is 497. The van der Waals surface area contributed by atoms with Crippen molar-refractivity contribution >= 4 is 35.6 Å². The van der Waals surface area contributed by atoms with Gasteiger partial charge in [-0.05, 0) is 0 Å². The van der Waals surface area contributed by atoms with E-state index in [0.29, 0.717) is 17.9 Å². The molecule has 22 heavy (non-hydrogen) atoms. The number of amides is 4. The second-order valence-corrected chi connectivity index (χ2v) is 4.41. The number of carboxylic acids is 1. The van der Waals surface area contributed by atoms with Gasteiger partial charge in [-0.15, -0.1) is 5.06 Å². The van der Waals surface area contributed by atoms with E-state index in [4.69, 9.17) is 5.11 Å². The van der Waals surface area contributed by atoms with Gasteiger partial charge in [-0.2, -0.15) is 0 Å². The first-order valence-corrected chi connectivity index (χ1v) is 6.40. The van der Waals surface area contributed by atoms with Gasteiger partial charge in [-0.25, -0.2) is 4.79 Å². The van der Waals surface area contributed by atoms with Gasteiger partial charge >= 0.3 is 11.9 Å². The summed E-state index contributed by atoms with van der Waals surface area (Å²) in [6, 6.07) is 0. The molecule has 10 heteroatoms. The molecule has 0 aromatic rings. The van der Waals surface area contributed by atoms with Crippen molar-refractivity contribution in [3.05, 3.63) is 0 Å². The number of nitrogens with zero attached hydrogens (tertiary/aromatic N) is 1. The fourth-order valence-corrected chi connectivity index (χ4v) is 1.52. The molecule has 4 amide bonds. The lowest BCUT2D eigenvalue weighted by Gasteiger charge is -2.11. The largest absolute Gasteiger partial charge is 0.481 e. The van der Waals surface area contributed by atoms with E-state index in [0.717, 1.165) is 0 Å². The Balaban J connectivity index is 0.000000287. The highest BCUT2D eigenvalue weighted by molar-refractivity contribution is 6.02. The summed E-state index contributed by atoms with van der Waals surface area (Å²) in [6.45, 7) is 0. The molecule has 0 spiro atoms. The molecular formula is C12H14N2O8. The summed E-state index contributed by atoms with van der Waals surface area (Å²) in [7, 11) is 0. The van der Waals surface area contributed by atoms with E-state index in [-0.39, 0.29) is 31.1 Å². The molecule has 2 aliphatic rings. The van der Waals surface area contributed by atoms with Crippen LogP contribution in [-0.2, 0) is 33.6 Å². The van der Waals surface area contributed by atoms with Crippen molar-refractivity contribution < 1.29 is 38.7 Å². The van der Waals surface area contributed by atoms with Crippen LogP contribution in [0, 0.1) is 0 Å². The van der Waals surface area contributed by atoms with Crippen LogP contribution in [0.25, 0.3) is 0 Å². The Hall–Kier alpha value is -2.78. The number of aliphatic carboxylic acids is 1. The van der Waals surface area contributed by atoms with E-state index in [1.807, 2.05) is 0 Å². The fourth-order valence-electron chi connectivity index (χ4n) is 1.52. The maximum absolute atomic E-state index is 11.0. The normalized spacial score (nSPS) is 17.0. The number of hydrogen-bond donors (Lipinski definition) is 2. The highest BCUT2D eigenvalue weighted by Crippen LogP contribution is 2.12. The van der Waals surface area contributed by atoms with Gasteiger partial charge in [0.15, 0.2) is 0 Å². The molecule has 2 fully saturated rings. The van der Waals surface area contributed by atoms with Crippen molar-refractivity contribution in [3.63, 3.8) is 0 Å². The zero-order valence-electron chi connectivity index (χ0n) is 11.5. The molecule has 0 radical (unpaired) electrons. The van der Waals surface area contributed by atoms with Crippen LogP contribution in [0.15, 0.2) is 0 Å². The van der Waals surface area contributed by atoms with Crippen LogP contribution in [-0.4, -0.2) is 45.7 Å². The highest BCUT2D eigenvalue weighted by atomic mass is 16.7. The number of carbonyl (C=O) groups excluding carboxylic acids is 5. The third-order valence-corrected chi connectivity index (χ3v) is 2.60. The lowest BCUT2D eigenvalue weighted by molar-refractivity contribution is -0.197. The van der Waals surface area contributed by atoms with Gasteiger partial charge in [0, 0.05) is 25.7 Å². The molecule has 2 rings (SSSR count). The topological polar surface area (TPSA) is 147 Å². The summed E-state index contributed by atoms with van der Waals surface area (Å²) in [5.74, 6) is -3.51. The number of carbonyl (C=O) groups is 6. The molecule has 0 bridgehead atoms. The van der Waals surface area contributed by atoms with Crippen molar-refractivity contribution in [3.8, 4) is 0 Å². The molecule has 120 valence electrons. The minimum atomic E-state index is -1.15. The van der Waals surface area contributed by atoms with E-state index in [2.05, 4.69) is 10.2 Å². The number of carboxylic acid groups (broad SMARTS) is 1. The zero-order valence-corrected chi connectivity index (χ0v) is 11.5. The Morgan fingerprint density at radius 3 is 1.82 bits per heavy atom. The number of rotatable bonds is 4. The van der Waals surface area contributed by atoms with Crippen molar-refractivity contribution in [2.24, 2.45) is 0 Å². The zero-order chi connectivity index (χ0) is 16.7. The smallest absolute Gasteiger partial charge is 0.333 e. The average Bonchev–Trinajstić information content (AvgIpc) is 2.96. The third kappa shape index (κ3) is 5.69. The number of imide groups is 2. The Labute approximate surface area is 124 Å². The molecule has 2 heterocycles. The van der Waals surface area contributed by atoms with Gasteiger partial charge in [0.2, 0.25) is 11.8 Å². The lowest BCUT2D eigenvalue weighted by Crippen LogP contribution is -2.32. The molecule has 0 aromatic carbocycles. The van der Waals surface area contributed by atoms with Crippen LogP contribution in [0.1, 0.15) is 38.5 Å². The van der Waals surface area contributed by atoms with Crippen LogP contribution in [0.5, 0.6) is 0 Å². The monoisotopic (exact) mass is 314 g/mol. The van der Waals surface area contributed by atoms with Crippen molar-refractivity contribution in [1.82, 2.24) is 10.4 Å². The standard InChI is InChI=1S/C8H9NO6.C4H5NO2/c10-5-1-2-6(11)9(5)15-8(14)4-3-7(12)13;6-3-1-2-4(7)5-3/h1-4H2,(H,12,13);1-2H2,(H,5,6,7). The molecule has 0 atom stereocenters. The molecule has 10 nitrogen and oxygen atoms in total. The average molecular weight is 314 g/mol. The van der Waals surface area contributed by atoms with Crippen molar-refractivity contribution in [2.45, 2.75) is 38.5 Å². The SMILES string of the molecule is O=C(O)CCC(=O)ON1C(=O)CCC1=O.O=C1CCC(=O)N1. The molecule has 0 aromatic heterocycles. The van der Waals surface area contributed by atoms with E-state index in [1.165, 1.54) is 0 Å². The van der Waals surface area contributed by atoms with Gasteiger partial charge in [0.05, 0.1) is 12.8 Å². The minimum absolute atomic E-state index is 0.0189. The van der Waals surface area contributed by atoms with E-state index >= 15 is 0 Å². The number of hydrogen-bond acceptors (Lipinski definition) is 7. The van der Waals surface area contributed by atoms with Crippen LogP contribution < -0.4 is 5.32 Å². The lowest BCUT2D eigenvalue weighted by atomic mass is 10.3. The molecule has 0 saturated carbocycles. The van der Waals surface area contributed by atoms with E-state index < -0.39 is 30.2 Å². The van der Waals surface area contributed by atoms with Crippen molar-refractivity contribution in [1.29, 1.82) is 0 Å². The predicted molar refractivity (Wildman–Crippen MR) is 66.4 cm³/mol. The van der Waals surface area contributed by atoms with Crippen LogP contribution in [0.3, 0.4) is 0 Å². The predicted octanol–water partition coefficient (Wildman–Crippen LogP) is -1.12. The Kier molecular flexibility index (Phi) is 6.17. The van der Waals surface area contributed by atoms with E-state index in [1.54, 1.807) is 0 Å². The fraction of sp³-hybridized carbons (Fsp3) is 0.500. The highest BCUT2D eigenvalue weighted by Gasteiger charge is 2.32. The van der Waals surface area contributed by atoms with Crippen LogP contribution in [0.4, 0.5) is 0 Å². The summed E-state index contributed by atoms with van der Waals surface area (Å²) in [4.78, 5) is 67.7. The second-order valence-electron chi connectivity index (χ2n) is 4.41. The summed E-state index contributed by atoms with van der Waals surface area (Å²) in [6.07, 6.45) is 0.0230. The number of nitrogens with one attached hydrogen (secondary N) is 1. The minimum Gasteiger partial charge on any atom is -0.481 e. The first-order chi connectivity index (χ1) is 10.3. The van der Waals surface area contributed by atoms with Gasteiger partial charge in [-0.1, -0.05) is 0 Å². The summed E-state index contributed by atoms with van der Waals surface area (Å²) < 4.78 is 0. The maximum Gasteiger partial charge on any atom is 0.333 e. The molecule has 0 unspecified atom stereocenters. The van der Waals surface area contributed by atoms with Crippen LogP contribution >= 0.6 is 0 Å². The summed E-state index contributed by atoms with van der Waals surface area (Å²) in [5.41, 5.74) is 0. The van der Waals surface area contributed by atoms with Gasteiger partial charge in [0.1, 0.15) is 0 Å². The van der Waals surface area contributed by atoms with Gasteiger partial charge in [-0.3, -0.25) is 29.3 Å². The second kappa shape index (κ2) is 7.86. The maximum atomic E-state index is 11.0. The molecule has 2 aliphatic heterocycles. The van der Waals surface area contributed by atoms with Crippen molar-refractivity contribution in [2.75, 3.05) is 0 Å². The summed E-state index contributed by atoms with van der Waals surface area (Å²) >= 11 is 0. The Morgan fingerprint density at radius 2 is 1.45 bits per heavy atom.